The first-order valence-electron chi connectivity index (χ1n) is 5.41. The van der Waals surface area contributed by atoms with Crippen LogP contribution in [0.3, 0.4) is 0 Å². The molecule has 0 fully saturated rings. The van der Waals surface area contributed by atoms with Crippen molar-refractivity contribution in [3.05, 3.63) is 54.9 Å². The zero-order valence-corrected chi connectivity index (χ0v) is 13.1. The highest BCUT2D eigenvalue weighted by Crippen LogP contribution is 2.34. The molecular weight excluding hydrogens is 337 g/mol. The van der Waals surface area contributed by atoms with Crippen LogP contribution in [0.25, 0.3) is 0 Å². The largest absolute Gasteiger partial charge is 0.309 e. The predicted octanol–water partition coefficient (Wildman–Crippen LogP) is 4.92. The van der Waals surface area contributed by atoms with Gasteiger partial charge in [-0.25, -0.2) is 4.39 Å². The van der Waals surface area contributed by atoms with Crippen molar-refractivity contribution in [3.63, 3.8) is 0 Å². The van der Waals surface area contributed by atoms with E-state index in [0.29, 0.717) is 4.47 Å². The Hall–Kier alpha value is -0.420. The number of rotatable bonds is 3. The minimum absolute atomic E-state index is 0.0260. The SMILES string of the molecule is CNC(c1ccc(F)c(Br)c1)c1cc(C)c(Cl)s1. The predicted molar refractivity (Wildman–Crippen MR) is 79.1 cm³/mol. The van der Waals surface area contributed by atoms with Crippen molar-refractivity contribution in [1.29, 1.82) is 0 Å². The van der Waals surface area contributed by atoms with Crippen molar-refractivity contribution >= 4 is 38.9 Å². The Labute approximate surface area is 123 Å². The number of hydrogen-bond acceptors (Lipinski definition) is 2. The molecule has 1 nitrogen and oxygen atoms in total. The number of benzene rings is 1. The van der Waals surface area contributed by atoms with Gasteiger partial charge in [-0.15, -0.1) is 11.3 Å². The third-order valence-corrected chi connectivity index (χ3v) is 4.95. The topological polar surface area (TPSA) is 12.0 Å². The number of halogens is 3. The first kappa shape index (κ1) is 14.0. The molecule has 1 aromatic carbocycles. The Morgan fingerprint density at radius 2 is 2.11 bits per heavy atom. The second-order valence-electron chi connectivity index (χ2n) is 4.00. The Bertz CT molecular complexity index is 551. The van der Waals surface area contributed by atoms with Crippen molar-refractivity contribution < 1.29 is 4.39 Å². The summed E-state index contributed by atoms with van der Waals surface area (Å²) in [4.78, 5) is 1.12. The minimum Gasteiger partial charge on any atom is -0.309 e. The normalized spacial score (nSPS) is 12.7. The maximum atomic E-state index is 13.3. The second-order valence-corrected chi connectivity index (χ2v) is 6.54. The smallest absolute Gasteiger partial charge is 0.137 e. The molecule has 18 heavy (non-hydrogen) atoms. The molecule has 1 N–H and O–H groups in total. The first-order valence-corrected chi connectivity index (χ1v) is 7.39. The van der Waals surface area contributed by atoms with E-state index >= 15 is 0 Å². The second kappa shape index (κ2) is 5.70. The molecule has 1 unspecified atom stereocenters. The zero-order valence-electron chi connectivity index (χ0n) is 9.93. The van der Waals surface area contributed by atoms with Gasteiger partial charge in [-0.2, -0.15) is 0 Å². The summed E-state index contributed by atoms with van der Waals surface area (Å²) in [5.41, 5.74) is 2.07. The van der Waals surface area contributed by atoms with Crippen LogP contribution in [0.5, 0.6) is 0 Å². The molecule has 1 heterocycles. The summed E-state index contributed by atoms with van der Waals surface area (Å²) >= 11 is 10.9. The highest BCUT2D eigenvalue weighted by molar-refractivity contribution is 9.10. The molecule has 0 radical (unpaired) electrons. The monoisotopic (exact) mass is 347 g/mol. The fourth-order valence-corrected chi connectivity index (χ4v) is 3.54. The molecule has 0 saturated carbocycles. The quantitative estimate of drug-likeness (QED) is 0.830. The van der Waals surface area contributed by atoms with Crippen molar-refractivity contribution in [3.8, 4) is 0 Å². The van der Waals surface area contributed by atoms with E-state index in [-0.39, 0.29) is 11.9 Å². The average Bonchev–Trinajstić information content (AvgIpc) is 2.65. The fourth-order valence-electron chi connectivity index (χ4n) is 1.79. The molecule has 2 aromatic rings. The zero-order chi connectivity index (χ0) is 13.3. The van der Waals surface area contributed by atoms with Crippen LogP contribution in [0.1, 0.15) is 22.0 Å². The van der Waals surface area contributed by atoms with Gasteiger partial charge in [0.05, 0.1) is 14.9 Å². The van der Waals surface area contributed by atoms with Gasteiger partial charge >= 0.3 is 0 Å². The lowest BCUT2D eigenvalue weighted by Gasteiger charge is -2.15. The van der Waals surface area contributed by atoms with Gasteiger partial charge < -0.3 is 5.32 Å². The fraction of sp³-hybridized carbons (Fsp3) is 0.231. The molecule has 0 amide bonds. The van der Waals surface area contributed by atoms with E-state index in [4.69, 9.17) is 11.6 Å². The minimum atomic E-state index is -0.256. The molecule has 1 aromatic heterocycles. The standard InChI is InChI=1S/C13H12BrClFNS/c1-7-5-11(18-13(7)15)12(17-2)8-3-4-10(16)9(14)6-8/h3-6,12,17H,1-2H3. The van der Waals surface area contributed by atoms with Crippen LogP contribution in [-0.2, 0) is 0 Å². The Balaban J connectivity index is 2.41. The lowest BCUT2D eigenvalue weighted by atomic mass is 10.1. The van der Waals surface area contributed by atoms with E-state index in [9.17, 15) is 4.39 Å². The molecule has 0 aliphatic heterocycles. The summed E-state index contributed by atoms with van der Waals surface area (Å²) in [6.45, 7) is 1.98. The summed E-state index contributed by atoms with van der Waals surface area (Å²) in [5.74, 6) is -0.256. The van der Waals surface area contributed by atoms with Gasteiger partial charge in [0, 0.05) is 4.88 Å². The van der Waals surface area contributed by atoms with Gasteiger partial charge in [0.2, 0.25) is 0 Å². The summed E-state index contributed by atoms with van der Waals surface area (Å²) < 4.78 is 14.5. The third-order valence-electron chi connectivity index (χ3n) is 2.73. The summed E-state index contributed by atoms with van der Waals surface area (Å²) in [7, 11) is 1.88. The number of nitrogens with one attached hydrogen (secondary N) is 1. The van der Waals surface area contributed by atoms with Crippen LogP contribution < -0.4 is 5.32 Å². The van der Waals surface area contributed by atoms with Crippen molar-refractivity contribution in [1.82, 2.24) is 5.32 Å². The first-order chi connectivity index (χ1) is 8.52. The van der Waals surface area contributed by atoms with E-state index in [1.807, 2.05) is 14.0 Å². The van der Waals surface area contributed by atoms with Crippen LogP contribution in [0, 0.1) is 12.7 Å². The van der Waals surface area contributed by atoms with E-state index in [0.717, 1.165) is 20.3 Å². The molecule has 1 atom stereocenters. The molecule has 96 valence electrons. The van der Waals surface area contributed by atoms with Crippen molar-refractivity contribution in [2.24, 2.45) is 0 Å². The summed E-state index contributed by atoms with van der Waals surface area (Å²) in [6, 6.07) is 7.12. The molecule has 2 rings (SSSR count). The van der Waals surface area contributed by atoms with Gasteiger partial charge in [-0.05, 0) is 59.2 Å². The van der Waals surface area contributed by atoms with Gasteiger partial charge in [0.15, 0.2) is 0 Å². The van der Waals surface area contributed by atoms with Crippen molar-refractivity contribution in [2.45, 2.75) is 13.0 Å². The molecule has 0 spiro atoms. The molecule has 0 bridgehead atoms. The van der Waals surface area contributed by atoms with Crippen LogP contribution in [0.15, 0.2) is 28.7 Å². The Kier molecular flexibility index (Phi) is 4.43. The van der Waals surface area contributed by atoms with Gasteiger partial charge in [-0.3, -0.25) is 0 Å². The van der Waals surface area contributed by atoms with Gasteiger partial charge in [-0.1, -0.05) is 17.7 Å². The molecule has 5 heteroatoms. The number of aryl methyl sites for hydroxylation is 1. The maximum absolute atomic E-state index is 13.3. The molecule has 0 aliphatic rings. The number of hydrogen-bond donors (Lipinski definition) is 1. The summed E-state index contributed by atoms with van der Waals surface area (Å²) in [6.07, 6.45) is 0. The van der Waals surface area contributed by atoms with E-state index in [2.05, 4.69) is 27.3 Å². The molecular formula is C13H12BrClFNS. The van der Waals surface area contributed by atoms with Crippen LogP contribution in [0.4, 0.5) is 4.39 Å². The molecule has 0 aliphatic carbocycles. The maximum Gasteiger partial charge on any atom is 0.137 e. The highest BCUT2D eigenvalue weighted by Gasteiger charge is 2.16. The lowest BCUT2D eigenvalue weighted by molar-refractivity contribution is 0.617. The van der Waals surface area contributed by atoms with E-state index in [1.165, 1.54) is 6.07 Å². The third kappa shape index (κ3) is 2.77. The van der Waals surface area contributed by atoms with Crippen LogP contribution >= 0.6 is 38.9 Å². The Morgan fingerprint density at radius 3 is 2.61 bits per heavy atom. The van der Waals surface area contributed by atoms with Gasteiger partial charge in [0.25, 0.3) is 0 Å². The number of thiophene rings is 1. The average molecular weight is 349 g/mol. The van der Waals surface area contributed by atoms with Gasteiger partial charge in [0.1, 0.15) is 5.82 Å². The summed E-state index contributed by atoms with van der Waals surface area (Å²) in [5, 5.41) is 3.23. The van der Waals surface area contributed by atoms with E-state index in [1.54, 1.807) is 23.5 Å². The van der Waals surface area contributed by atoms with Crippen molar-refractivity contribution in [2.75, 3.05) is 7.05 Å². The Morgan fingerprint density at radius 1 is 1.39 bits per heavy atom. The lowest BCUT2D eigenvalue weighted by Crippen LogP contribution is -2.16. The highest BCUT2D eigenvalue weighted by atomic mass is 79.9. The molecule has 0 saturated heterocycles. The van der Waals surface area contributed by atoms with E-state index < -0.39 is 0 Å². The van der Waals surface area contributed by atoms with Crippen LogP contribution in [-0.4, -0.2) is 7.05 Å². The van der Waals surface area contributed by atoms with Crippen LogP contribution in [0.2, 0.25) is 4.34 Å².